The Morgan fingerprint density at radius 1 is 1.31 bits per heavy atom. The highest BCUT2D eigenvalue weighted by molar-refractivity contribution is 6.30. The maximum Gasteiger partial charge on any atom is 0.260 e. The number of carbonyl (C=O) groups is 2. The number of likely N-dealkylation sites (tertiary alicyclic amines) is 1. The third kappa shape index (κ3) is 3.96. The van der Waals surface area contributed by atoms with Crippen molar-refractivity contribution in [3.63, 3.8) is 0 Å². The van der Waals surface area contributed by atoms with Crippen molar-refractivity contribution in [2.75, 3.05) is 25.5 Å². The van der Waals surface area contributed by atoms with E-state index < -0.39 is 0 Å². The number of aryl methyl sites for hydroxylation is 1. The lowest BCUT2D eigenvalue weighted by Gasteiger charge is -2.31. The van der Waals surface area contributed by atoms with Crippen LogP contribution in [0, 0.1) is 5.92 Å². The van der Waals surface area contributed by atoms with Gasteiger partial charge in [0.15, 0.2) is 0 Å². The molecule has 0 atom stereocenters. The van der Waals surface area contributed by atoms with Gasteiger partial charge in [0.05, 0.1) is 12.1 Å². The SMILES string of the molecule is COc1nn(C)cc1C(=O)N1CCC(C(=O)Nc2ccc(Cl)cn2)CC1. The van der Waals surface area contributed by atoms with Crippen LogP contribution in [0.1, 0.15) is 23.2 Å². The number of halogens is 1. The molecule has 1 N–H and O–H groups in total. The number of amides is 2. The van der Waals surface area contributed by atoms with Gasteiger partial charge in [0.25, 0.3) is 5.91 Å². The van der Waals surface area contributed by atoms with Crippen molar-refractivity contribution in [1.29, 1.82) is 0 Å². The first kappa shape index (κ1) is 18.2. The molecule has 26 heavy (non-hydrogen) atoms. The topological polar surface area (TPSA) is 89.4 Å². The van der Waals surface area contributed by atoms with E-state index in [2.05, 4.69) is 15.4 Å². The molecule has 9 heteroatoms. The lowest BCUT2D eigenvalue weighted by atomic mass is 9.95. The number of anilines is 1. The maximum atomic E-state index is 12.7. The number of rotatable bonds is 4. The number of nitrogens with one attached hydrogen (secondary N) is 1. The first-order chi connectivity index (χ1) is 12.5. The minimum atomic E-state index is -0.160. The number of piperidine rings is 1. The van der Waals surface area contributed by atoms with Gasteiger partial charge in [0.1, 0.15) is 11.4 Å². The number of ether oxygens (including phenoxy) is 1. The first-order valence-corrected chi connectivity index (χ1v) is 8.65. The standard InChI is InChI=1S/C17H20ClN5O3/c1-22-10-13(16(21-22)26-2)17(25)23-7-5-11(6-8-23)15(24)20-14-4-3-12(18)9-19-14/h3-4,9-11H,5-8H2,1-2H3,(H,19,20,24). The second-order valence-electron chi connectivity index (χ2n) is 6.14. The van der Waals surface area contributed by atoms with Gasteiger partial charge in [-0.2, -0.15) is 0 Å². The minimum absolute atomic E-state index is 0.0918. The fourth-order valence-corrected chi connectivity index (χ4v) is 3.07. The molecule has 0 bridgehead atoms. The number of nitrogens with zero attached hydrogens (tertiary/aromatic N) is 4. The van der Waals surface area contributed by atoms with Crippen LogP contribution in [-0.4, -0.2) is 51.7 Å². The Morgan fingerprint density at radius 3 is 2.65 bits per heavy atom. The predicted molar refractivity (Wildman–Crippen MR) is 96.3 cm³/mol. The van der Waals surface area contributed by atoms with E-state index in [4.69, 9.17) is 16.3 Å². The summed E-state index contributed by atoms with van der Waals surface area (Å²) in [4.78, 5) is 30.8. The van der Waals surface area contributed by atoms with Crippen molar-refractivity contribution in [3.8, 4) is 5.88 Å². The molecule has 0 unspecified atom stereocenters. The lowest BCUT2D eigenvalue weighted by molar-refractivity contribution is -0.121. The summed E-state index contributed by atoms with van der Waals surface area (Å²) in [6.45, 7) is 1.01. The summed E-state index contributed by atoms with van der Waals surface area (Å²) in [7, 11) is 3.22. The highest BCUT2D eigenvalue weighted by atomic mass is 35.5. The predicted octanol–water partition coefficient (Wildman–Crippen LogP) is 1.97. The molecule has 2 aromatic heterocycles. The third-order valence-corrected chi connectivity index (χ3v) is 4.57. The van der Waals surface area contributed by atoms with Gasteiger partial charge in [-0.1, -0.05) is 11.6 Å². The van der Waals surface area contributed by atoms with Crippen LogP contribution in [0.4, 0.5) is 5.82 Å². The largest absolute Gasteiger partial charge is 0.479 e. The number of hydrogen-bond acceptors (Lipinski definition) is 5. The zero-order valence-electron chi connectivity index (χ0n) is 14.6. The monoisotopic (exact) mass is 377 g/mol. The third-order valence-electron chi connectivity index (χ3n) is 4.35. The van der Waals surface area contributed by atoms with Crippen molar-refractivity contribution in [2.45, 2.75) is 12.8 Å². The van der Waals surface area contributed by atoms with Gasteiger partial charge in [-0.25, -0.2) is 4.98 Å². The normalized spacial score (nSPS) is 15.0. The molecule has 1 fully saturated rings. The van der Waals surface area contributed by atoms with Crippen molar-refractivity contribution < 1.29 is 14.3 Å². The van der Waals surface area contributed by atoms with Crippen LogP contribution >= 0.6 is 11.6 Å². The van der Waals surface area contributed by atoms with E-state index in [1.807, 2.05) is 0 Å². The highest BCUT2D eigenvalue weighted by Crippen LogP contribution is 2.23. The molecule has 8 nitrogen and oxygen atoms in total. The molecule has 3 heterocycles. The second kappa shape index (κ2) is 7.74. The van der Waals surface area contributed by atoms with Crippen LogP contribution in [0.2, 0.25) is 5.02 Å². The molecule has 1 aliphatic rings. The Balaban J connectivity index is 1.57. The molecule has 0 spiro atoms. The van der Waals surface area contributed by atoms with Gasteiger partial charge in [0, 0.05) is 38.4 Å². The molecular formula is C17H20ClN5O3. The van der Waals surface area contributed by atoms with Crippen LogP contribution in [0.15, 0.2) is 24.5 Å². The molecule has 0 radical (unpaired) electrons. The summed E-state index contributed by atoms with van der Waals surface area (Å²) in [5, 5.41) is 7.41. The Hall–Kier alpha value is -2.61. The van der Waals surface area contributed by atoms with Crippen LogP contribution in [0.5, 0.6) is 5.88 Å². The second-order valence-corrected chi connectivity index (χ2v) is 6.58. The van der Waals surface area contributed by atoms with E-state index in [0.29, 0.717) is 48.2 Å². The van der Waals surface area contributed by atoms with Gasteiger partial charge < -0.3 is 15.0 Å². The van der Waals surface area contributed by atoms with E-state index in [0.717, 1.165) is 0 Å². The number of methoxy groups -OCH3 is 1. The summed E-state index contributed by atoms with van der Waals surface area (Å²) in [6.07, 6.45) is 4.31. The van der Waals surface area contributed by atoms with Gasteiger partial charge in [-0.05, 0) is 25.0 Å². The Labute approximate surface area is 156 Å². The highest BCUT2D eigenvalue weighted by Gasteiger charge is 2.30. The smallest absolute Gasteiger partial charge is 0.260 e. The number of aromatic nitrogens is 3. The summed E-state index contributed by atoms with van der Waals surface area (Å²) >= 11 is 5.79. The fourth-order valence-electron chi connectivity index (χ4n) is 2.96. The molecule has 0 saturated carbocycles. The summed E-state index contributed by atoms with van der Waals surface area (Å²) in [5.74, 6) is 0.399. The van der Waals surface area contributed by atoms with Crippen molar-refractivity contribution in [3.05, 3.63) is 35.1 Å². The molecule has 0 aromatic carbocycles. The lowest BCUT2D eigenvalue weighted by Crippen LogP contribution is -2.41. The van der Waals surface area contributed by atoms with E-state index in [-0.39, 0.29) is 17.7 Å². The molecule has 2 amide bonds. The zero-order chi connectivity index (χ0) is 18.7. The summed E-state index contributed by atoms with van der Waals surface area (Å²) in [5.41, 5.74) is 0.434. The van der Waals surface area contributed by atoms with Crippen molar-refractivity contribution >= 4 is 29.2 Å². The Morgan fingerprint density at radius 2 is 2.04 bits per heavy atom. The van der Waals surface area contributed by atoms with E-state index in [1.54, 1.807) is 35.0 Å². The summed E-state index contributed by atoms with van der Waals surface area (Å²) < 4.78 is 6.70. The average Bonchev–Trinajstić information content (AvgIpc) is 3.04. The van der Waals surface area contributed by atoms with Gasteiger partial charge >= 0.3 is 0 Å². The maximum absolute atomic E-state index is 12.7. The van der Waals surface area contributed by atoms with E-state index in [9.17, 15) is 9.59 Å². The summed E-state index contributed by atoms with van der Waals surface area (Å²) in [6, 6.07) is 3.33. The van der Waals surface area contributed by atoms with E-state index in [1.165, 1.54) is 13.3 Å². The molecule has 1 aliphatic heterocycles. The Bertz CT molecular complexity index is 797. The number of pyridine rings is 1. The minimum Gasteiger partial charge on any atom is -0.479 e. The molecule has 138 valence electrons. The van der Waals surface area contributed by atoms with Gasteiger partial charge in [-0.3, -0.25) is 14.3 Å². The van der Waals surface area contributed by atoms with Crippen molar-refractivity contribution in [1.82, 2.24) is 19.7 Å². The van der Waals surface area contributed by atoms with Crippen LogP contribution in [0.25, 0.3) is 0 Å². The zero-order valence-corrected chi connectivity index (χ0v) is 15.4. The molecule has 0 aliphatic carbocycles. The van der Waals surface area contributed by atoms with Crippen molar-refractivity contribution in [2.24, 2.45) is 13.0 Å². The van der Waals surface area contributed by atoms with Gasteiger partial charge in [0.2, 0.25) is 11.8 Å². The van der Waals surface area contributed by atoms with Crippen LogP contribution in [-0.2, 0) is 11.8 Å². The van der Waals surface area contributed by atoms with Crippen LogP contribution < -0.4 is 10.1 Å². The number of carbonyl (C=O) groups excluding carboxylic acids is 2. The van der Waals surface area contributed by atoms with Crippen LogP contribution in [0.3, 0.4) is 0 Å². The molecule has 2 aromatic rings. The van der Waals surface area contributed by atoms with E-state index >= 15 is 0 Å². The first-order valence-electron chi connectivity index (χ1n) is 8.27. The fraction of sp³-hybridized carbons (Fsp3) is 0.412. The Kier molecular flexibility index (Phi) is 5.41. The molecular weight excluding hydrogens is 358 g/mol. The quantitative estimate of drug-likeness (QED) is 0.879. The molecule has 1 saturated heterocycles. The number of hydrogen-bond donors (Lipinski definition) is 1. The average molecular weight is 378 g/mol. The molecule has 3 rings (SSSR count). The van der Waals surface area contributed by atoms with Gasteiger partial charge in [-0.15, -0.1) is 5.10 Å².